The molecule has 26 heavy (non-hydrogen) atoms. The first kappa shape index (κ1) is 15.2. The molecular weight excluding hydrogens is 342 g/mol. The summed E-state index contributed by atoms with van der Waals surface area (Å²) < 4.78 is 1.85. The molecule has 5 aromatic rings. The quantitative estimate of drug-likeness (QED) is 0.484. The van der Waals surface area contributed by atoms with Crippen LogP contribution < -0.4 is 0 Å². The SMILES string of the molecule is c1ccc(CCc2nnc3sc(-c4ccc5ccccc5n4)nn23)cc1. The molecule has 0 N–H and O–H groups in total. The third kappa shape index (κ3) is 2.74. The molecule has 0 spiro atoms. The summed E-state index contributed by atoms with van der Waals surface area (Å²) in [5.74, 6) is 0.882. The molecule has 0 bridgehead atoms. The summed E-state index contributed by atoms with van der Waals surface area (Å²) in [6, 6.07) is 22.6. The number of nitrogens with zero attached hydrogens (tertiary/aromatic N) is 5. The lowest BCUT2D eigenvalue weighted by Gasteiger charge is -2.00. The fourth-order valence-electron chi connectivity index (χ4n) is 3.00. The highest BCUT2D eigenvalue weighted by Crippen LogP contribution is 2.26. The maximum atomic E-state index is 4.73. The maximum absolute atomic E-state index is 4.73. The molecule has 5 rings (SSSR count). The molecule has 0 unspecified atom stereocenters. The number of hydrogen-bond acceptors (Lipinski definition) is 5. The van der Waals surface area contributed by atoms with Gasteiger partial charge in [-0.25, -0.2) is 4.98 Å². The predicted molar refractivity (Wildman–Crippen MR) is 103 cm³/mol. The highest BCUT2D eigenvalue weighted by Gasteiger charge is 2.14. The van der Waals surface area contributed by atoms with Gasteiger partial charge >= 0.3 is 0 Å². The van der Waals surface area contributed by atoms with Gasteiger partial charge in [0.05, 0.1) is 5.52 Å². The zero-order chi connectivity index (χ0) is 17.3. The molecule has 0 fully saturated rings. The van der Waals surface area contributed by atoms with E-state index in [2.05, 4.69) is 46.6 Å². The molecule has 0 aliphatic carbocycles. The Kier molecular flexibility index (Phi) is 3.68. The minimum atomic E-state index is 0.804. The molecule has 0 radical (unpaired) electrons. The van der Waals surface area contributed by atoms with Crippen molar-refractivity contribution in [3.05, 3.63) is 78.1 Å². The zero-order valence-electron chi connectivity index (χ0n) is 13.9. The van der Waals surface area contributed by atoms with Crippen molar-refractivity contribution in [3.8, 4) is 10.7 Å². The Bertz CT molecular complexity index is 1190. The fraction of sp³-hybridized carbons (Fsp3) is 0.100. The standard InChI is InChI=1S/C20H15N5S/c1-2-6-14(7-3-1)10-13-18-22-23-20-25(18)24-19(26-20)17-12-11-15-8-4-5-9-16(15)21-17/h1-9,11-12H,10,13H2. The van der Waals surface area contributed by atoms with E-state index in [1.54, 1.807) is 0 Å². The third-order valence-electron chi connectivity index (χ3n) is 4.35. The fourth-order valence-corrected chi connectivity index (χ4v) is 3.83. The van der Waals surface area contributed by atoms with Crippen LogP contribution in [0.5, 0.6) is 0 Å². The van der Waals surface area contributed by atoms with Crippen molar-refractivity contribution < 1.29 is 0 Å². The number of aromatic nitrogens is 5. The topological polar surface area (TPSA) is 56.0 Å². The van der Waals surface area contributed by atoms with E-state index >= 15 is 0 Å². The van der Waals surface area contributed by atoms with Crippen LogP contribution in [0.15, 0.2) is 66.7 Å². The Morgan fingerprint density at radius 1 is 0.808 bits per heavy atom. The molecule has 0 amide bonds. The molecule has 0 saturated heterocycles. The molecule has 0 aliphatic rings. The van der Waals surface area contributed by atoms with Gasteiger partial charge in [-0.2, -0.15) is 9.61 Å². The number of aryl methyl sites for hydroxylation is 2. The van der Waals surface area contributed by atoms with Crippen molar-refractivity contribution in [2.24, 2.45) is 0 Å². The minimum Gasteiger partial charge on any atom is -0.245 e. The van der Waals surface area contributed by atoms with Gasteiger partial charge in [0.25, 0.3) is 0 Å². The molecule has 126 valence electrons. The number of fused-ring (bicyclic) bond motifs is 2. The minimum absolute atomic E-state index is 0.804. The number of rotatable bonds is 4. The van der Waals surface area contributed by atoms with E-state index in [4.69, 9.17) is 10.1 Å². The van der Waals surface area contributed by atoms with Crippen molar-refractivity contribution in [1.82, 2.24) is 24.8 Å². The van der Waals surface area contributed by atoms with Gasteiger partial charge in [-0.1, -0.05) is 65.9 Å². The number of para-hydroxylation sites is 1. The molecular formula is C20H15N5S. The van der Waals surface area contributed by atoms with Crippen LogP contribution in [0.4, 0.5) is 0 Å². The van der Waals surface area contributed by atoms with Gasteiger partial charge in [-0.3, -0.25) is 0 Å². The van der Waals surface area contributed by atoms with E-state index < -0.39 is 0 Å². The Morgan fingerprint density at radius 3 is 2.58 bits per heavy atom. The molecule has 6 heteroatoms. The van der Waals surface area contributed by atoms with Crippen LogP contribution in [-0.4, -0.2) is 24.8 Å². The van der Waals surface area contributed by atoms with Crippen molar-refractivity contribution in [2.75, 3.05) is 0 Å². The van der Waals surface area contributed by atoms with Gasteiger partial charge in [-0.15, -0.1) is 10.2 Å². The predicted octanol–water partition coefficient (Wildman–Crippen LogP) is 4.19. The van der Waals surface area contributed by atoms with E-state index in [1.165, 1.54) is 16.9 Å². The van der Waals surface area contributed by atoms with E-state index in [9.17, 15) is 0 Å². The molecule has 0 aliphatic heterocycles. The van der Waals surface area contributed by atoms with Crippen LogP contribution in [-0.2, 0) is 12.8 Å². The monoisotopic (exact) mass is 357 g/mol. The molecule has 5 nitrogen and oxygen atoms in total. The first-order valence-electron chi connectivity index (χ1n) is 8.48. The third-order valence-corrected chi connectivity index (χ3v) is 5.27. The van der Waals surface area contributed by atoms with E-state index in [1.807, 2.05) is 34.8 Å². The van der Waals surface area contributed by atoms with Crippen LogP contribution in [0.3, 0.4) is 0 Å². The molecule has 2 aromatic carbocycles. The van der Waals surface area contributed by atoms with Crippen molar-refractivity contribution in [3.63, 3.8) is 0 Å². The Labute approximate surface area is 154 Å². The van der Waals surface area contributed by atoms with Crippen molar-refractivity contribution >= 4 is 27.2 Å². The van der Waals surface area contributed by atoms with Crippen LogP contribution in [0.25, 0.3) is 26.6 Å². The summed E-state index contributed by atoms with van der Waals surface area (Å²) in [6.45, 7) is 0. The van der Waals surface area contributed by atoms with E-state index in [0.29, 0.717) is 0 Å². The smallest absolute Gasteiger partial charge is 0.235 e. The van der Waals surface area contributed by atoms with Gasteiger partial charge in [0.15, 0.2) is 10.8 Å². The van der Waals surface area contributed by atoms with E-state index in [-0.39, 0.29) is 0 Å². The lowest BCUT2D eigenvalue weighted by atomic mass is 10.1. The average Bonchev–Trinajstić information content (AvgIpc) is 3.28. The van der Waals surface area contributed by atoms with Gasteiger partial charge < -0.3 is 0 Å². The lowest BCUT2D eigenvalue weighted by molar-refractivity contribution is 0.792. The number of pyridine rings is 1. The summed E-state index contributed by atoms with van der Waals surface area (Å²) in [6.07, 6.45) is 1.72. The van der Waals surface area contributed by atoms with Crippen LogP contribution in [0, 0.1) is 0 Å². The summed E-state index contributed by atoms with van der Waals surface area (Å²) in [4.78, 5) is 5.53. The summed E-state index contributed by atoms with van der Waals surface area (Å²) in [5, 5.41) is 15.3. The van der Waals surface area contributed by atoms with Crippen LogP contribution in [0.2, 0.25) is 0 Å². The Hall–Kier alpha value is -3.12. The van der Waals surface area contributed by atoms with Gasteiger partial charge in [0.1, 0.15) is 5.69 Å². The van der Waals surface area contributed by atoms with Gasteiger partial charge in [0.2, 0.25) is 4.96 Å². The van der Waals surface area contributed by atoms with E-state index in [0.717, 1.165) is 45.2 Å². The van der Waals surface area contributed by atoms with Crippen LogP contribution in [0.1, 0.15) is 11.4 Å². The first-order valence-corrected chi connectivity index (χ1v) is 9.30. The Balaban J connectivity index is 1.47. The van der Waals surface area contributed by atoms with Gasteiger partial charge in [-0.05, 0) is 24.1 Å². The second kappa shape index (κ2) is 6.31. The van der Waals surface area contributed by atoms with Crippen LogP contribution >= 0.6 is 11.3 Å². The molecule has 0 atom stereocenters. The zero-order valence-corrected chi connectivity index (χ0v) is 14.7. The number of benzene rings is 2. The second-order valence-electron chi connectivity index (χ2n) is 6.09. The summed E-state index contributed by atoms with van der Waals surface area (Å²) >= 11 is 1.52. The molecule has 3 aromatic heterocycles. The van der Waals surface area contributed by atoms with Crippen molar-refractivity contribution in [1.29, 1.82) is 0 Å². The highest BCUT2D eigenvalue weighted by molar-refractivity contribution is 7.19. The maximum Gasteiger partial charge on any atom is 0.235 e. The highest BCUT2D eigenvalue weighted by atomic mass is 32.1. The average molecular weight is 357 g/mol. The normalized spacial score (nSPS) is 11.4. The summed E-state index contributed by atoms with van der Waals surface area (Å²) in [7, 11) is 0. The number of hydrogen-bond donors (Lipinski definition) is 0. The molecule has 0 saturated carbocycles. The molecule has 3 heterocycles. The first-order chi connectivity index (χ1) is 12.9. The Morgan fingerprint density at radius 2 is 1.65 bits per heavy atom. The largest absolute Gasteiger partial charge is 0.245 e. The van der Waals surface area contributed by atoms with Crippen molar-refractivity contribution in [2.45, 2.75) is 12.8 Å². The van der Waals surface area contributed by atoms with Gasteiger partial charge in [0, 0.05) is 11.8 Å². The lowest BCUT2D eigenvalue weighted by Crippen LogP contribution is -1.99. The summed E-state index contributed by atoms with van der Waals surface area (Å²) in [5.41, 5.74) is 3.13. The second-order valence-corrected chi connectivity index (χ2v) is 7.05.